The number of fused-ring (bicyclic) bond motifs is 2. The average Bonchev–Trinajstić information content (AvgIpc) is 3.12. The van der Waals surface area contributed by atoms with Gasteiger partial charge < -0.3 is 5.73 Å². The Balaban J connectivity index is 0.00000126. The maximum absolute atomic E-state index is 14.8. The summed E-state index contributed by atoms with van der Waals surface area (Å²) in [7, 11) is 0. The number of benzene rings is 2. The lowest BCUT2D eigenvalue weighted by Gasteiger charge is -2.16. The standard InChI is InChI=1S/C23H19FN6O.C2H6/c1-13-6-5-7-15-10-16(11-29-22-20(14(2)28-29)21(25)26-12-27-22)30(23(31)19(13)15)18-9-4-3-8-17(18)24;1-2/h3-10,12H,11H2,1-2H3,(H2,25,26,27);1-2H3. The van der Waals surface area contributed by atoms with E-state index in [0.717, 1.165) is 10.9 Å². The largest absolute Gasteiger partial charge is 0.383 e. The van der Waals surface area contributed by atoms with Crippen molar-refractivity contribution in [2.75, 3.05) is 5.73 Å². The molecule has 0 aliphatic heterocycles. The minimum atomic E-state index is -0.480. The molecule has 7 nitrogen and oxygen atoms in total. The summed E-state index contributed by atoms with van der Waals surface area (Å²) in [5, 5.41) is 6.57. The van der Waals surface area contributed by atoms with Crippen LogP contribution < -0.4 is 11.3 Å². The van der Waals surface area contributed by atoms with Gasteiger partial charge in [0.1, 0.15) is 18.0 Å². The summed E-state index contributed by atoms with van der Waals surface area (Å²) in [5.74, 6) is -0.138. The van der Waals surface area contributed by atoms with Crippen LogP contribution in [0.2, 0.25) is 0 Å². The summed E-state index contributed by atoms with van der Waals surface area (Å²) in [6.07, 6.45) is 1.38. The molecular formula is C25H25FN6O. The molecule has 0 amide bonds. The molecule has 0 radical (unpaired) electrons. The van der Waals surface area contributed by atoms with E-state index in [1.807, 2.05) is 52.0 Å². The molecular weight excluding hydrogens is 419 g/mol. The molecule has 0 aliphatic carbocycles. The van der Waals surface area contributed by atoms with E-state index < -0.39 is 5.82 Å². The Morgan fingerprint density at radius 2 is 1.76 bits per heavy atom. The highest BCUT2D eigenvalue weighted by Gasteiger charge is 2.18. The minimum absolute atomic E-state index is 0.190. The van der Waals surface area contributed by atoms with Gasteiger partial charge in [-0.1, -0.05) is 44.2 Å². The summed E-state index contributed by atoms with van der Waals surface area (Å²) in [6, 6.07) is 13.8. The number of hydrogen-bond donors (Lipinski definition) is 1. The lowest BCUT2D eigenvalue weighted by molar-refractivity contribution is 0.606. The second-order valence-corrected chi connectivity index (χ2v) is 7.47. The van der Waals surface area contributed by atoms with Crippen molar-refractivity contribution in [2.24, 2.45) is 0 Å². The van der Waals surface area contributed by atoms with Crippen LogP contribution in [-0.4, -0.2) is 24.3 Å². The van der Waals surface area contributed by atoms with E-state index in [2.05, 4.69) is 15.1 Å². The first-order valence-corrected chi connectivity index (χ1v) is 10.8. The summed E-state index contributed by atoms with van der Waals surface area (Å²) in [6.45, 7) is 7.90. The Hall–Kier alpha value is -4.07. The van der Waals surface area contributed by atoms with Gasteiger partial charge in [0, 0.05) is 5.69 Å². The van der Waals surface area contributed by atoms with Crippen LogP contribution in [0.5, 0.6) is 0 Å². The van der Waals surface area contributed by atoms with Gasteiger partial charge in [0.05, 0.1) is 28.7 Å². The third-order valence-electron chi connectivity index (χ3n) is 5.47. The average molecular weight is 445 g/mol. The van der Waals surface area contributed by atoms with Crippen molar-refractivity contribution in [3.8, 4) is 5.69 Å². The second kappa shape index (κ2) is 8.82. The molecule has 33 heavy (non-hydrogen) atoms. The third kappa shape index (κ3) is 3.73. The first-order chi connectivity index (χ1) is 16.0. The highest BCUT2D eigenvalue weighted by molar-refractivity contribution is 5.88. The SMILES string of the molecule is CC.Cc1nn(Cc2cc3cccc(C)c3c(=O)n2-c2ccccc2F)c2ncnc(N)c12. The van der Waals surface area contributed by atoms with Gasteiger partial charge >= 0.3 is 0 Å². The maximum Gasteiger partial charge on any atom is 0.263 e. The van der Waals surface area contributed by atoms with Gasteiger partial charge in [0.15, 0.2) is 5.65 Å². The number of halogens is 1. The number of rotatable bonds is 3. The van der Waals surface area contributed by atoms with Crippen LogP contribution in [0.15, 0.2) is 59.7 Å². The molecule has 0 saturated heterocycles. The smallest absolute Gasteiger partial charge is 0.263 e. The van der Waals surface area contributed by atoms with Gasteiger partial charge in [-0.15, -0.1) is 0 Å². The van der Waals surface area contributed by atoms with Crippen molar-refractivity contribution in [2.45, 2.75) is 34.2 Å². The molecule has 2 aromatic carbocycles. The van der Waals surface area contributed by atoms with E-state index in [0.29, 0.717) is 33.6 Å². The fourth-order valence-electron chi connectivity index (χ4n) is 4.08. The molecule has 8 heteroatoms. The van der Waals surface area contributed by atoms with E-state index >= 15 is 0 Å². The van der Waals surface area contributed by atoms with Gasteiger partial charge in [-0.2, -0.15) is 5.10 Å². The number of aromatic nitrogens is 5. The lowest BCUT2D eigenvalue weighted by Crippen LogP contribution is -2.25. The molecule has 3 heterocycles. The number of nitrogens with zero attached hydrogens (tertiary/aromatic N) is 5. The van der Waals surface area contributed by atoms with Crippen molar-refractivity contribution in [1.82, 2.24) is 24.3 Å². The molecule has 0 unspecified atom stereocenters. The molecule has 0 fully saturated rings. The van der Waals surface area contributed by atoms with Crippen molar-refractivity contribution < 1.29 is 4.39 Å². The monoisotopic (exact) mass is 444 g/mol. The lowest BCUT2D eigenvalue weighted by atomic mass is 10.1. The predicted molar refractivity (Wildman–Crippen MR) is 129 cm³/mol. The molecule has 0 spiro atoms. The van der Waals surface area contributed by atoms with Crippen LogP contribution in [0.1, 0.15) is 30.8 Å². The van der Waals surface area contributed by atoms with Crippen LogP contribution in [0.3, 0.4) is 0 Å². The van der Waals surface area contributed by atoms with Crippen LogP contribution in [0.25, 0.3) is 27.5 Å². The molecule has 5 aromatic rings. The minimum Gasteiger partial charge on any atom is -0.383 e. The van der Waals surface area contributed by atoms with Crippen LogP contribution in [-0.2, 0) is 6.54 Å². The number of nitrogen functional groups attached to an aromatic ring is 1. The molecule has 168 valence electrons. The topological polar surface area (TPSA) is 91.6 Å². The fourth-order valence-corrected chi connectivity index (χ4v) is 4.08. The van der Waals surface area contributed by atoms with Gasteiger partial charge in [0.2, 0.25) is 0 Å². The Labute approximate surface area is 190 Å². The number of hydrogen-bond acceptors (Lipinski definition) is 5. The number of aryl methyl sites for hydroxylation is 2. The predicted octanol–water partition coefficient (Wildman–Crippen LogP) is 4.54. The normalized spacial score (nSPS) is 10.9. The van der Waals surface area contributed by atoms with Gasteiger partial charge in [-0.3, -0.25) is 9.36 Å². The fraction of sp³-hybridized carbons (Fsp3) is 0.200. The van der Waals surface area contributed by atoms with Crippen LogP contribution >= 0.6 is 0 Å². The maximum atomic E-state index is 14.8. The third-order valence-corrected chi connectivity index (χ3v) is 5.47. The van der Waals surface area contributed by atoms with E-state index in [1.54, 1.807) is 22.9 Å². The zero-order valence-electron chi connectivity index (χ0n) is 19.0. The van der Waals surface area contributed by atoms with Crippen molar-refractivity contribution in [3.63, 3.8) is 0 Å². The molecule has 2 N–H and O–H groups in total. The summed E-state index contributed by atoms with van der Waals surface area (Å²) in [4.78, 5) is 21.9. The first-order valence-electron chi connectivity index (χ1n) is 10.8. The van der Waals surface area contributed by atoms with Crippen LogP contribution in [0.4, 0.5) is 10.2 Å². The molecule has 0 bridgehead atoms. The first kappa shape index (κ1) is 22.1. The zero-order chi connectivity index (χ0) is 23.7. The second-order valence-electron chi connectivity index (χ2n) is 7.47. The summed E-state index contributed by atoms with van der Waals surface area (Å²) in [5.41, 5.74) is 8.57. The highest BCUT2D eigenvalue weighted by Crippen LogP contribution is 2.24. The van der Waals surface area contributed by atoms with E-state index in [-0.39, 0.29) is 17.8 Å². The Morgan fingerprint density at radius 3 is 2.52 bits per heavy atom. The Bertz CT molecular complexity index is 1540. The number of pyridine rings is 1. The van der Waals surface area contributed by atoms with E-state index in [4.69, 9.17) is 5.73 Å². The number of anilines is 1. The van der Waals surface area contributed by atoms with Crippen LogP contribution in [0, 0.1) is 19.7 Å². The number of nitrogens with two attached hydrogens (primary N) is 1. The Kier molecular flexibility index (Phi) is 5.91. The quantitative estimate of drug-likeness (QED) is 0.441. The molecule has 5 rings (SSSR count). The molecule has 3 aromatic heterocycles. The molecule has 0 aliphatic rings. The van der Waals surface area contributed by atoms with Gasteiger partial charge in [-0.05, 0) is 43.0 Å². The zero-order valence-corrected chi connectivity index (χ0v) is 19.0. The summed E-state index contributed by atoms with van der Waals surface area (Å²) < 4.78 is 17.8. The van der Waals surface area contributed by atoms with Crippen molar-refractivity contribution in [1.29, 1.82) is 0 Å². The Morgan fingerprint density at radius 1 is 1.00 bits per heavy atom. The summed E-state index contributed by atoms with van der Waals surface area (Å²) >= 11 is 0. The van der Waals surface area contributed by atoms with Gasteiger partial charge in [-0.25, -0.2) is 19.0 Å². The van der Waals surface area contributed by atoms with Crippen molar-refractivity contribution >= 4 is 27.6 Å². The van der Waals surface area contributed by atoms with E-state index in [9.17, 15) is 9.18 Å². The number of para-hydroxylation sites is 1. The molecule has 0 atom stereocenters. The highest BCUT2D eigenvalue weighted by atomic mass is 19.1. The van der Waals surface area contributed by atoms with Crippen molar-refractivity contribution in [3.05, 3.63) is 88.0 Å². The van der Waals surface area contributed by atoms with Gasteiger partial charge in [0.25, 0.3) is 5.56 Å². The molecule has 0 saturated carbocycles. The van der Waals surface area contributed by atoms with E-state index in [1.165, 1.54) is 17.0 Å².